The van der Waals surface area contributed by atoms with E-state index in [2.05, 4.69) is 36.5 Å². The van der Waals surface area contributed by atoms with Crippen molar-refractivity contribution in [3.8, 4) is 17.0 Å². The minimum atomic E-state index is -3.92. The molecule has 5 heterocycles. The van der Waals surface area contributed by atoms with E-state index in [0.29, 0.717) is 41.1 Å². The SMILES string of the molecule is COc1ccc2c(c1)C1CC1(C(=O)N1C3CCC1[I-]N(C)C3)Cn1c-2c(C2CCCCC2)c2ccc(C(=O)NS(=O)(=O)N3CCCC3)cc21. The molecule has 2 saturated carbocycles. The number of alkyl halides is 1. The second-order valence-corrected chi connectivity index (χ2v) is 20.4. The summed E-state index contributed by atoms with van der Waals surface area (Å²) >= 11 is -0.242. The molecular weight excluding hydrogens is 753 g/mol. The third-order valence-corrected chi connectivity index (χ3v) is 16.9. The van der Waals surface area contributed by atoms with E-state index >= 15 is 4.79 Å². The van der Waals surface area contributed by atoms with Crippen molar-refractivity contribution >= 4 is 32.9 Å². The van der Waals surface area contributed by atoms with Gasteiger partial charge in [0.25, 0.3) is 0 Å². The van der Waals surface area contributed by atoms with Crippen molar-refractivity contribution in [3.63, 3.8) is 0 Å². The van der Waals surface area contributed by atoms with Crippen LogP contribution in [0.4, 0.5) is 0 Å². The summed E-state index contributed by atoms with van der Waals surface area (Å²) in [7, 11) is -0.00750. The Morgan fingerprint density at radius 3 is 2.53 bits per heavy atom. The molecule has 262 valence electrons. The molecule has 3 aromatic rings. The van der Waals surface area contributed by atoms with Crippen LogP contribution in [-0.4, -0.2) is 81.0 Å². The summed E-state index contributed by atoms with van der Waals surface area (Å²) in [6, 6.07) is 12.4. The minimum absolute atomic E-state index is 0.0913. The number of ether oxygens (including phenoxy) is 1. The Hall–Kier alpha value is -2.68. The second-order valence-electron chi connectivity index (χ2n) is 15.1. The fourth-order valence-corrected chi connectivity index (χ4v) is 14.4. The van der Waals surface area contributed by atoms with Crippen LogP contribution in [0, 0.1) is 5.41 Å². The Balaban J connectivity index is 1.20. The summed E-state index contributed by atoms with van der Waals surface area (Å²) in [5, 5.41) is 1.11. The van der Waals surface area contributed by atoms with Gasteiger partial charge in [0.15, 0.2) is 0 Å². The van der Waals surface area contributed by atoms with Crippen molar-refractivity contribution in [3.05, 3.63) is 53.1 Å². The Bertz CT molecular complexity index is 1950. The van der Waals surface area contributed by atoms with Crippen LogP contribution < -0.4 is 30.9 Å². The topological polar surface area (TPSA) is 104 Å². The van der Waals surface area contributed by atoms with Crippen LogP contribution in [0.1, 0.15) is 97.5 Å². The number of rotatable bonds is 6. The number of nitrogens with zero attached hydrogens (tertiary/aromatic N) is 4. The standard InChI is InChI=1S/C37H45IN5O5S/c1-40-21-25-11-15-32(38-40)43(25)36(45)37-20-30(37)29-19-26(48-2)12-14-27(29)34-33(23-8-4-3-5-9-23)28-13-10-24(18-31(28)42(34)22-37)35(44)39-49(46,47)41-16-6-7-17-41/h10,12-14,18-19,23,25,30,32H,3-9,11,15-17,20-22H2,1-2H3,(H,39,44)/q-1. The number of hydrogen-bond acceptors (Lipinski definition) is 6. The van der Waals surface area contributed by atoms with E-state index in [9.17, 15) is 13.2 Å². The van der Waals surface area contributed by atoms with Gasteiger partial charge in [0.1, 0.15) is 0 Å². The van der Waals surface area contributed by atoms with Gasteiger partial charge >= 0.3 is 262 Å². The van der Waals surface area contributed by atoms with Gasteiger partial charge in [0, 0.05) is 13.1 Å². The molecular formula is C37H45IN5O5S-. The van der Waals surface area contributed by atoms with Gasteiger partial charge in [-0.25, -0.2) is 0 Å². The van der Waals surface area contributed by atoms with Gasteiger partial charge in [-0.3, -0.25) is 0 Å². The van der Waals surface area contributed by atoms with Crippen LogP contribution in [-0.2, 0) is 21.5 Å². The molecule has 0 spiro atoms. The van der Waals surface area contributed by atoms with Crippen molar-refractivity contribution in [2.45, 2.75) is 92.7 Å². The Labute approximate surface area is 299 Å². The van der Waals surface area contributed by atoms with Crippen LogP contribution >= 0.6 is 0 Å². The fourth-order valence-electron chi connectivity index (χ4n) is 9.78. The summed E-state index contributed by atoms with van der Waals surface area (Å²) in [6.45, 7) is 2.37. The van der Waals surface area contributed by atoms with Gasteiger partial charge in [0.2, 0.25) is 0 Å². The van der Waals surface area contributed by atoms with E-state index < -0.39 is 21.5 Å². The maximum absolute atomic E-state index is 15.1. The summed E-state index contributed by atoms with van der Waals surface area (Å²) < 4.78 is 40.8. The number of nitrogens with one attached hydrogen (secondary N) is 1. The normalized spacial score (nSPS) is 28.7. The first-order valence-corrected chi connectivity index (χ1v) is 21.7. The zero-order valence-electron chi connectivity index (χ0n) is 28.3. The third-order valence-electron chi connectivity index (χ3n) is 12.2. The number of benzene rings is 2. The average molecular weight is 799 g/mol. The van der Waals surface area contributed by atoms with Crippen molar-refractivity contribution in [2.75, 3.05) is 33.8 Å². The Kier molecular flexibility index (Phi) is 7.86. The van der Waals surface area contributed by atoms with Crippen LogP contribution in [0.25, 0.3) is 22.2 Å². The van der Waals surface area contributed by atoms with Gasteiger partial charge in [-0.1, -0.05) is 0 Å². The van der Waals surface area contributed by atoms with E-state index in [1.165, 1.54) is 34.7 Å². The van der Waals surface area contributed by atoms with Gasteiger partial charge in [-0.2, -0.15) is 12.7 Å². The Morgan fingerprint density at radius 1 is 0.980 bits per heavy atom. The predicted octanol–water partition coefficient (Wildman–Crippen LogP) is 2.19. The molecule has 2 bridgehead atoms. The third kappa shape index (κ3) is 5.17. The first-order valence-electron chi connectivity index (χ1n) is 18.0. The molecule has 10 nitrogen and oxygen atoms in total. The van der Waals surface area contributed by atoms with Crippen LogP contribution in [0.3, 0.4) is 0 Å². The van der Waals surface area contributed by atoms with E-state index in [4.69, 9.17) is 4.74 Å². The molecule has 1 N–H and O–H groups in total. The quantitative estimate of drug-likeness (QED) is 0.178. The number of carbonyl (C=O) groups excluding carboxylic acids is 2. The first-order chi connectivity index (χ1) is 23.7. The number of carbonyl (C=O) groups is 2. The van der Waals surface area contributed by atoms with E-state index in [1.807, 2.05) is 18.2 Å². The molecule has 12 heteroatoms. The molecule has 49 heavy (non-hydrogen) atoms. The molecule has 9 rings (SSSR count). The van der Waals surface area contributed by atoms with Crippen LogP contribution in [0.5, 0.6) is 5.75 Å². The van der Waals surface area contributed by atoms with Gasteiger partial charge in [-0.15, -0.1) is 0 Å². The van der Waals surface area contributed by atoms with Crippen molar-refractivity contribution in [2.24, 2.45) is 5.41 Å². The molecule has 0 radical (unpaired) electrons. The molecule has 1 aromatic heterocycles. The van der Waals surface area contributed by atoms with Crippen molar-refractivity contribution in [1.82, 2.24) is 21.6 Å². The molecule has 2 aliphatic carbocycles. The first kappa shape index (κ1) is 32.2. The molecule has 2 amide bonds. The zero-order chi connectivity index (χ0) is 33.7. The van der Waals surface area contributed by atoms with Gasteiger partial charge in [-0.05, 0) is 12.8 Å². The number of aromatic nitrogens is 1. The molecule has 4 unspecified atom stereocenters. The van der Waals surface area contributed by atoms with E-state index in [-0.39, 0.29) is 33.4 Å². The maximum atomic E-state index is 15.1. The van der Waals surface area contributed by atoms with Crippen LogP contribution in [0.15, 0.2) is 36.4 Å². The summed E-state index contributed by atoms with van der Waals surface area (Å²) in [6.07, 6.45) is 10.4. The van der Waals surface area contributed by atoms with Gasteiger partial charge in [0.05, 0.1) is 0 Å². The number of fused-ring (bicyclic) bond motifs is 9. The summed E-state index contributed by atoms with van der Waals surface area (Å²) in [5.74, 6) is 0.950. The van der Waals surface area contributed by atoms with E-state index in [0.717, 1.165) is 79.4 Å². The number of likely N-dealkylation sites (N-methyl/N-ethyl adjacent to an activating group) is 1. The molecule has 6 aliphatic rings. The Morgan fingerprint density at radius 2 is 1.78 bits per heavy atom. The van der Waals surface area contributed by atoms with Gasteiger partial charge < -0.3 is 0 Å². The molecule has 2 aromatic carbocycles. The fraction of sp³-hybridized carbons (Fsp3) is 0.568. The van der Waals surface area contributed by atoms with Crippen molar-refractivity contribution in [1.29, 1.82) is 0 Å². The zero-order valence-corrected chi connectivity index (χ0v) is 31.3. The number of amides is 2. The number of hydrogen-bond donors (Lipinski definition) is 1. The summed E-state index contributed by atoms with van der Waals surface area (Å²) in [5.41, 5.74) is 5.49. The molecule has 4 aliphatic heterocycles. The predicted molar refractivity (Wildman–Crippen MR) is 183 cm³/mol. The molecule has 3 saturated heterocycles. The average Bonchev–Trinajstić information content (AvgIpc) is 3.33. The molecule has 5 fully saturated rings. The number of halogens is 1. The number of methoxy groups -OCH3 is 1. The second kappa shape index (κ2) is 11.9. The van der Waals surface area contributed by atoms with Crippen molar-refractivity contribution < 1.29 is 44.2 Å². The monoisotopic (exact) mass is 798 g/mol. The molecule has 4 atom stereocenters. The summed E-state index contributed by atoms with van der Waals surface area (Å²) in [4.78, 5) is 31.0. The van der Waals surface area contributed by atoms with E-state index in [1.54, 1.807) is 13.2 Å². The van der Waals surface area contributed by atoms with Crippen LogP contribution in [0.2, 0.25) is 0 Å².